The minimum Gasteiger partial charge on any atom is -0.198 e. The van der Waals surface area contributed by atoms with E-state index in [4.69, 9.17) is 0 Å². The van der Waals surface area contributed by atoms with E-state index in [9.17, 15) is 4.39 Å². The topological polar surface area (TPSA) is 19.7 Å². The highest BCUT2D eigenvalue weighted by atomic mass is 19.1. The molecule has 0 aliphatic rings. The Bertz CT molecular complexity index is 263. The molecule has 0 bridgehead atoms. The first-order valence-corrected chi connectivity index (χ1v) is 4.32. The van der Waals surface area contributed by atoms with Gasteiger partial charge in [-0.25, -0.2) is 0 Å². The van der Waals surface area contributed by atoms with Gasteiger partial charge >= 0.3 is 0 Å². The number of nitrogens with one attached hydrogen (secondary N) is 1. The molecule has 1 rings (SSSR count). The molecule has 1 heterocycles. The number of hydrogen-bond acceptors (Lipinski definition) is 0. The number of aromatic amines is 1. The molecule has 2 nitrogen and oxygen atoms in total. The Morgan fingerprint density at radius 1 is 1.33 bits per heavy atom. The Kier molecular flexibility index (Phi) is 2.50. The van der Waals surface area contributed by atoms with Gasteiger partial charge in [-0.2, -0.15) is 9.49 Å². The van der Waals surface area contributed by atoms with E-state index in [0.29, 0.717) is 0 Å². The number of hydrogen-bond donors (Lipinski definition) is 1. The Balaban J connectivity index is 3.12. The zero-order valence-electron chi connectivity index (χ0n) is 8.06. The minimum atomic E-state index is -0.140. The summed E-state index contributed by atoms with van der Waals surface area (Å²) in [5.74, 6) is 0.0809. The predicted molar refractivity (Wildman–Crippen MR) is 45.4 cm³/mol. The molecule has 3 heteroatoms. The monoisotopic (exact) mass is 171 g/mol. The standard InChI is InChI=1S/C9H15FN2/c1-6(2)9-8(10)5-11-12(9)7(3)4/h5-7H,1-4H3/p+1. The highest BCUT2D eigenvalue weighted by Gasteiger charge is 2.24. The van der Waals surface area contributed by atoms with E-state index in [-0.39, 0.29) is 17.8 Å². The van der Waals surface area contributed by atoms with Gasteiger partial charge < -0.3 is 0 Å². The highest BCUT2D eigenvalue weighted by molar-refractivity contribution is 5.00. The molecule has 68 valence electrons. The Hall–Kier alpha value is -0.860. The van der Waals surface area contributed by atoms with Gasteiger partial charge in [0.1, 0.15) is 6.20 Å². The third-order valence-electron chi connectivity index (χ3n) is 1.90. The molecule has 0 unspecified atom stereocenters. The molecule has 1 aromatic heterocycles. The molecule has 1 N–H and O–H groups in total. The first kappa shape index (κ1) is 9.23. The van der Waals surface area contributed by atoms with Crippen LogP contribution in [0.1, 0.15) is 45.3 Å². The van der Waals surface area contributed by atoms with E-state index in [1.165, 1.54) is 6.20 Å². The Morgan fingerprint density at radius 2 is 1.92 bits per heavy atom. The van der Waals surface area contributed by atoms with Crippen LogP contribution in [0.2, 0.25) is 0 Å². The summed E-state index contributed by atoms with van der Waals surface area (Å²) in [4.78, 5) is 0. The second-order valence-electron chi connectivity index (χ2n) is 3.63. The van der Waals surface area contributed by atoms with Crippen molar-refractivity contribution in [2.24, 2.45) is 0 Å². The molecule has 0 radical (unpaired) electrons. The van der Waals surface area contributed by atoms with Crippen molar-refractivity contribution in [2.45, 2.75) is 39.7 Å². The largest absolute Gasteiger partial charge is 0.245 e. The number of halogens is 1. The fourth-order valence-corrected chi connectivity index (χ4v) is 1.37. The van der Waals surface area contributed by atoms with Crippen molar-refractivity contribution in [3.8, 4) is 0 Å². The molecule has 12 heavy (non-hydrogen) atoms. The maximum absolute atomic E-state index is 13.2. The molecule has 0 aliphatic heterocycles. The zero-order valence-corrected chi connectivity index (χ0v) is 8.06. The molecule has 0 saturated heterocycles. The van der Waals surface area contributed by atoms with Crippen molar-refractivity contribution in [2.75, 3.05) is 0 Å². The molecule has 0 spiro atoms. The van der Waals surface area contributed by atoms with Gasteiger partial charge in [-0.05, 0) is 13.8 Å². The Labute approximate surface area is 72.4 Å². The molecular weight excluding hydrogens is 155 g/mol. The molecule has 0 atom stereocenters. The van der Waals surface area contributed by atoms with Crippen molar-refractivity contribution in [1.82, 2.24) is 5.10 Å². The third kappa shape index (κ3) is 1.49. The van der Waals surface area contributed by atoms with Crippen molar-refractivity contribution >= 4 is 0 Å². The molecule has 0 aliphatic carbocycles. The van der Waals surface area contributed by atoms with Gasteiger partial charge in [-0.1, -0.05) is 13.8 Å². The number of nitrogens with zero attached hydrogens (tertiary/aromatic N) is 1. The maximum Gasteiger partial charge on any atom is 0.245 e. The molecule has 0 saturated carbocycles. The molecule has 0 amide bonds. The van der Waals surface area contributed by atoms with Crippen LogP contribution in [-0.4, -0.2) is 5.10 Å². The van der Waals surface area contributed by atoms with Crippen LogP contribution < -0.4 is 4.68 Å². The number of H-pyrrole nitrogens is 1. The van der Waals surface area contributed by atoms with E-state index in [2.05, 4.69) is 5.10 Å². The van der Waals surface area contributed by atoms with Crippen molar-refractivity contribution in [3.05, 3.63) is 17.7 Å². The summed E-state index contributed by atoms with van der Waals surface area (Å²) >= 11 is 0. The first-order chi connectivity index (χ1) is 5.54. The van der Waals surface area contributed by atoms with Gasteiger partial charge in [0.05, 0.1) is 0 Å². The second kappa shape index (κ2) is 3.25. The normalized spacial score (nSPS) is 11.6. The summed E-state index contributed by atoms with van der Waals surface area (Å²) in [5.41, 5.74) is 0.755. The SMILES string of the molecule is CC(C)c1c(F)c[nH][n+]1C(C)C. The van der Waals surface area contributed by atoms with E-state index in [0.717, 1.165) is 5.69 Å². The van der Waals surface area contributed by atoms with Crippen LogP contribution in [0.4, 0.5) is 4.39 Å². The van der Waals surface area contributed by atoms with Gasteiger partial charge in [0, 0.05) is 5.92 Å². The first-order valence-electron chi connectivity index (χ1n) is 4.32. The molecule has 0 fully saturated rings. The molecular formula is C9H16FN2+. The van der Waals surface area contributed by atoms with E-state index >= 15 is 0 Å². The van der Waals surface area contributed by atoms with Crippen LogP contribution >= 0.6 is 0 Å². The number of rotatable bonds is 2. The average Bonchev–Trinajstić information content (AvgIpc) is 2.30. The summed E-state index contributed by atoms with van der Waals surface area (Å²) < 4.78 is 15.0. The average molecular weight is 171 g/mol. The maximum atomic E-state index is 13.2. The fourth-order valence-electron chi connectivity index (χ4n) is 1.37. The van der Waals surface area contributed by atoms with Gasteiger partial charge in [-0.15, -0.1) is 4.68 Å². The molecule has 1 aromatic rings. The van der Waals surface area contributed by atoms with Gasteiger partial charge in [0.15, 0.2) is 6.04 Å². The van der Waals surface area contributed by atoms with Crippen LogP contribution in [-0.2, 0) is 0 Å². The Morgan fingerprint density at radius 3 is 2.25 bits per heavy atom. The van der Waals surface area contributed by atoms with Crippen molar-refractivity contribution < 1.29 is 9.07 Å². The lowest BCUT2D eigenvalue weighted by Crippen LogP contribution is -2.42. The van der Waals surface area contributed by atoms with Crippen LogP contribution in [0.15, 0.2) is 6.20 Å². The highest BCUT2D eigenvalue weighted by Crippen LogP contribution is 2.14. The summed E-state index contributed by atoms with van der Waals surface area (Å²) in [6, 6.07) is 0.284. The van der Waals surface area contributed by atoms with E-state index in [1.807, 2.05) is 32.4 Å². The predicted octanol–water partition coefficient (Wildman–Crippen LogP) is 2.15. The summed E-state index contributed by atoms with van der Waals surface area (Å²) in [6.07, 6.45) is 1.41. The quantitative estimate of drug-likeness (QED) is 0.658. The van der Waals surface area contributed by atoms with Crippen molar-refractivity contribution in [1.29, 1.82) is 0 Å². The summed E-state index contributed by atoms with van der Waals surface area (Å²) in [5, 5.41) is 2.90. The third-order valence-corrected chi connectivity index (χ3v) is 1.90. The number of aromatic nitrogens is 2. The van der Waals surface area contributed by atoms with E-state index < -0.39 is 0 Å². The second-order valence-corrected chi connectivity index (χ2v) is 3.63. The van der Waals surface area contributed by atoms with E-state index in [1.54, 1.807) is 0 Å². The minimum absolute atomic E-state index is 0.140. The van der Waals surface area contributed by atoms with Crippen LogP contribution in [0.25, 0.3) is 0 Å². The van der Waals surface area contributed by atoms with Gasteiger partial charge in [-0.3, -0.25) is 0 Å². The lowest BCUT2D eigenvalue weighted by molar-refractivity contribution is -0.775. The zero-order chi connectivity index (χ0) is 9.30. The van der Waals surface area contributed by atoms with Crippen molar-refractivity contribution in [3.63, 3.8) is 0 Å². The molecule has 0 aromatic carbocycles. The fraction of sp³-hybridized carbons (Fsp3) is 0.667. The van der Waals surface area contributed by atoms with Crippen LogP contribution in [0.5, 0.6) is 0 Å². The summed E-state index contributed by atoms with van der Waals surface area (Å²) in [6.45, 7) is 8.04. The van der Waals surface area contributed by atoms with Gasteiger partial charge in [0.2, 0.25) is 11.5 Å². The lowest BCUT2D eigenvalue weighted by atomic mass is 10.1. The van der Waals surface area contributed by atoms with Crippen LogP contribution in [0, 0.1) is 5.82 Å². The van der Waals surface area contributed by atoms with Gasteiger partial charge in [0.25, 0.3) is 0 Å². The lowest BCUT2D eigenvalue weighted by Gasteiger charge is -2.02. The summed E-state index contributed by atoms with van der Waals surface area (Å²) in [7, 11) is 0. The smallest absolute Gasteiger partial charge is 0.198 e. The van der Waals surface area contributed by atoms with Crippen LogP contribution in [0.3, 0.4) is 0 Å².